The van der Waals surface area contributed by atoms with Gasteiger partial charge >= 0.3 is 0 Å². The number of ether oxygens (including phenoxy) is 1. The largest absolute Gasteiger partial charge is 0.480 e. The molecule has 0 saturated carbocycles. The van der Waals surface area contributed by atoms with Crippen LogP contribution in [-0.2, 0) is 7.05 Å². The van der Waals surface area contributed by atoms with E-state index in [2.05, 4.69) is 34.3 Å². The molecule has 0 atom stereocenters. The van der Waals surface area contributed by atoms with Crippen molar-refractivity contribution in [1.82, 2.24) is 24.7 Å². The highest BCUT2D eigenvalue weighted by Crippen LogP contribution is 2.40. The summed E-state index contributed by atoms with van der Waals surface area (Å²) in [6, 6.07) is 5.70. The van der Waals surface area contributed by atoms with E-state index in [1.807, 2.05) is 36.1 Å². The first kappa shape index (κ1) is 16.7. The molecule has 4 heterocycles. The Bertz CT molecular complexity index is 1070. The number of aromatic nitrogens is 5. The number of thiophene rings is 1. The van der Waals surface area contributed by atoms with Gasteiger partial charge in [-0.15, -0.1) is 11.3 Å². The molecule has 0 aliphatic rings. The number of rotatable bonds is 4. The van der Waals surface area contributed by atoms with E-state index in [-0.39, 0.29) is 0 Å². The summed E-state index contributed by atoms with van der Waals surface area (Å²) in [4.78, 5) is 13.7. The van der Waals surface area contributed by atoms with E-state index in [4.69, 9.17) is 9.72 Å². The van der Waals surface area contributed by atoms with Crippen molar-refractivity contribution < 1.29 is 4.74 Å². The first-order chi connectivity index (χ1) is 12.6. The molecule has 4 aromatic rings. The molecule has 0 radical (unpaired) electrons. The first-order valence-corrected chi connectivity index (χ1v) is 9.25. The summed E-state index contributed by atoms with van der Waals surface area (Å²) in [6.45, 7) is 4.30. The van der Waals surface area contributed by atoms with Crippen molar-refractivity contribution in [1.29, 1.82) is 0 Å². The Hall–Kier alpha value is -2.80. The highest BCUT2D eigenvalue weighted by Gasteiger charge is 2.21. The fourth-order valence-corrected chi connectivity index (χ4v) is 3.94. The molecule has 0 amide bonds. The Morgan fingerprint density at radius 3 is 2.69 bits per heavy atom. The summed E-state index contributed by atoms with van der Waals surface area (Å²) < 4.78 is 8.32. The molecule has 0 bridgehead atoms. The minimum Gasteiger partial charge on any atom is -0.480 e. The summed E-state index contributed by atoms with van der Waals surface area (Å²) in [6.07, 6.45) is 3.79. The van der Waals surface area contributed by atoms with Crippen LogP contribution in [-0.4, -0.2) is 31.8 Å². The van der Waals surface area contributed by atoms with Gasteiger partial charge in [-0.25, -0.2) is 4.98 Å². The van der Waals surface area contributed by atoms with Crippen LogP contribution < -0.4 is 4.74 Å². The molecule has 7 heteroatoms. The summed E-state index contributed by atoms with van der Waals surface area (Å²) in [5.41, 5.74) is 4.81. The molecule has 0 aliphatic heterocycles. The van der Waals surface area contributed by atoms with Crippen LogP contribution >= 0.6 is 11.3 Å². The third-order valence-corrected chi connectivity index (χ3v) is 5.12. The van der Waals surface area contributed by atoms with Crippen molar-refractivity contribution in [3.63, 3.8) is 0 Å². The molecule has 26 heavy (non-hydrogen) atoms. The Labute approximate surface area is 155 Å². The average molecular weight is 365 g/mol. The summed E-state index contributed by atoms with van der Waals surface area (Å²) >= 11 is 1.59. The zero-order valence-electron chi connectivity index (χ0n) is 15.1. The minimum absolute atomic E-state index is 0.320. The molecule has 0 spiro atoms. The van der Waals surface area contributed by atoms with Gasteiger partial charge in [-0.1, -0.05) is 19.9 Å². The SMILES string of the molecule is COc1nc(-c2ccccn2)nc2c(-c3cn(C)nc3C(C)C)csc12. The number of pyridine rings is 1. The normalized spacial score (nSPS) is 11.4. The smallest absolute Gasteiger partial charge is 0.235 e. The van der Waals surface area contributed by atoms with Crippen LogP contribution in [0.15, 0.2) is 36.0 Å². The lowest BCUT2D eigenvalue weighted by molar-refractivity contribution is 0.404. The highest BCUT2D eigenvalue weighted by atomic mass is 32.1. The number of aryl methyl sites for hydroxylation is 1. The van der Waals surface area contributed by atoms with Gasteiger partial charge in [0.1, 0.15) is 10.4 Å². The van der Waals surface area contributed by atoms with Crippen LogP contribution in [0.1, 0.15) is 25.5 Å². The van der Waals surface area contributed by atoms with E-state index in [1.165, 1.54) is 0 Å². The third kappa shape index (κ3) is 2.74. The molecule has 4 rings (SSSR count). The summed E-state index contributed by atoms with van der Waals surface area (Å²) in [5.74, 6) is 1.45. The van der Waals surface area contributed by atoms with Gasteiger partial charge < -0.3 is 4.74 Å². The van der Waals surface area contributed by atoms with Gasteiger partial charge in [-0.05, 0) is 18.1 Å². The number of methoxy groups -OCH3 is 1. The van der Waals surface area contributed by atoms with Crippen LogP contribution in [0, 0.1) is 0 Å². The Morgan fingerprint density at radius 2 is 2.00 bits per heavy atom. The molecule has 0 saturated heterocycles. The average Bonchev–Trinajstić information content (AvgIpc) is 3.24. The summed E-state index contributed by atoms with van der Waals surface area (Å²) in [7, 11) is 3.58. The molecule has 0 unspecified atom stereocenters. The van der Waals surface area contributed by atoms with E-state index in [0.717, 1.165) is 32.7 Å². The van der Waals surface area contributed by atoms with Crippen molar-refractivity contribution in [3.05, 3.63) is 41.7 Å². The van der Waals surface area contributed by atoms with E-state index >= 15 is 0 Å². The molecule has 0 aromatic carbocycles. The lowest BCUT2D eigenvalue weighted by Crippen LogP contribution is -1.97. The maximum Gasteiger partial charge on any atom is 0.235 e. The molecule has 6 nitrogen and oxygen atoms in total. The van der Waals surface area contributed by atoms with Crippen LogP contribution in [0.5, 0.6) is 5.88 Å². The molecular formula is C19H19N5OS. The second kappa shape index (κ2) is 6.49. The van der Waals surface area contributed by atoms with Crippen molar-refractivity contribution >= 4 is 21.6 Å². The van der Waals surface area contributed by atoms with Crippen LogP contribution in [0.4, 0.5) is 0 Å². The molecule has 4 aromatic heterocycles. The van der Waals surface area contributed by atoms with Gasteiger partial charge in [0.05, 0.1) is 18.3 Å². The topological polar surface area (TPSA) is 65.7 Å². The van der Waals surface area contributed by atoms with Gasteiger partial charge in [0.15, 0.2) is 5.82 Å². The quantitative estimate of drug-likeness (QED) is 0.540. The number of nitrogens with zero attached hydrogens (tertiary/aromatic N) is 5. The maximum atomic E-state index is 5.53. The van der Waals surface area contributed by atoms with Crippen molar-refractivity contribution in [3.8, 4) is 28.5 Å². The van der Waals surface area contributed by atoms with Crippen LogP contribution in [0.3, 0.4) is 0 Å². The van der Waals surface area contributed by atoms with Gasteiger partial charge in [0.25, 0.3) is 0 Å². The lowest BCUT2D eigenvalue weighted by Gasteiger charge is -2.07. The number of fused-ring (bicyclic) bond motifs is 1. The predicted molar refractivity (Wildman–Crippen MR) is 103 cm³/mol. The second-order valence-corrected chi connectivity index (χ2v) is 7.23. The summed E-state index contributed by atoms with van der Waals surface area (Å²) in [5, 5.41) is 6.73. The van der Waals surface area contributed by atoms with E-state index in [0.29, 0.717) is 17.6 Å². The lowest BCUT2D eigenvalue weighted by atomic mass is 10.0. The first-order valence-electron chi connectivity index (χ1n) is 8.37. The number of hydrogen-bond acceptors (Lipinski definition) is 6. The van der Waals surface area contributed by atoms with Gasteiger partial charge in [-0.2, -0.15) is 10.1 Å². The molecule has 0 N–H and O–H groups in total. The minimum atomic E-state index is 0.320. The van der Waals surface area contributed by atoms with Crippen molar-refractivity contribution in [2.45, 2.75) is 19.8 Å². The van der Waals surface area contributed by atoms with Gasteiger partial charge in [0, 0.05) is 35.9 Å². The maximum absolute atomic E-state index is 5.53. The van der Waals surface area contributed by atoms with Gasteiger partial charge in [0.2, 0.25) is 5.88 Å². The molecule has 0 aliphatic carbocycles. The standard InChI is InChI=1S/C19H19N5OS/c1-11(2)15-12(9-24(3)23-15)13-10-26-17-16(13)21-18(22-19(17)25-4)14-7-5-6-8-20-14/h5-11H,1-4H3. The van der Waals surface area contributed by atoms with Crippen molar-refractivity contribution in [2.75, 3.05) is 7.11 Å². The van der Waals surface area contributed by atoms with Gasteiger partial charge in [-0.3, -0.25) is 9.67 Å². The van der Waals surface area contributed by atoms with E-state index in [1.54, 1.807) is 24.6 Å². The predicted octanol–water partition coefficient (Wildman–Crippen LogP) is 4.29. The Morgan fingerprint density at radius 1 is 1.15 bits per heavy atom. The third-order valence-electron chi connectivity index (χ3n) is 4.17. The Kier molecular flexibility index (Phi) is 4.16. The van der Waals surface area contributed by atoms with Crippen LogP contribution in [0.25, 0.3) is 32.9 Å². The Balaban J connectivity index is 1.98. The van der Waals surface area contributed by atoms with E-state index in [9.17, 15) is 0 Å². The van der Waals surface area contributed by atoms with Crippen molar-refractivity contribution in [2.24, 2.45) is 7.05 Å². The highest BCUT2D eigenvalue weighted by molar-refractivity contribution is 7.18. The molecular weight excluding hydrogens is 346 g/mol. The zero-order valence-corrected chi connectivity index (χ0v) is 15.9. The molecule has 0 fully saturated rings. The fraction of sp³-hybridized carbons (Fsp3) is 0.263. The fourth-order valence-electron chi connectivity index (χ4n) is 2.97. The monoisotopic (exact) mass is 365 g/mol. The molecule has 132 valence electrons. The second-order valence-electron chi connectivity index (χ2n) is 6.35. The van der Waals surface area contributed by atoms with E-state index < -0.39 is 0 Å². The number of hydrogen-bond donors (Lipinski definition) is 0. The zero-order chi connectivity index (χ0) is 18.3. The van der Waals surface area contributed by atoms with Crippen LogP contribution in [0.2, 0.25) is 0 Å².